The van der Waals surface area contributed by atoms with E-state index in [0.29, 0.717) is 29.9 Å². The minimum absolute atomic E-state index is 0.0216. The third kappa shape index (κ3) is 5.57. The molecule has 3 N–H and O–H groups in total. The molecule has 2 rings (SSSR count). The van der Waals surface area contributed by atoms with Gasteiger partial charge in [-0.05, 0) is 41.5 Å². The lowest BCUT2D eigenvalue weighted by atomic mass is 10.0. The molecule has 0 aliphatic heterocycles. The number of hydrogen-bond donors (Lipinski definition) is 3. The van der Waals surface area contributed by atoms with Crippen LogP contribution in [-0.4, -0.2) is 32.8 Å². The maximum absolute atomic E-state index is 12.4. The standard InChI is InChI=1S/C16H16N4O6S/c1-2-3-12(21)18-10-4-5-11(9(6-10)7-14(22)23)15(24)19-16-17-8-13(27-16)20(25)26/h4-6,8H,2-3,7H2,1H3,(H,18,21)(H,22,23)(H,17,19,24). The highest BCUT2D eigenvalue weighted by Gasteiger charge is 2.18. The topological polar surface area (TPSA) is 152 Å². The third-order valence-corrected chi connectivity index (χ3v) is 4.21. The number of nitrogens with one attached hydrogen (secondary N) is 2. The van der Waals surface area contributed by atoms with Crippen LogP contribution in [0.2, 0.25) is 0 Å². The van der Waals surface area contributed by atoms with Crippen molar-refractivity contribution in [2.24, 2.45) is 0 Å². The summed E-state index contributed by atoms with van der Waals surface area (Å²) in [6.45, 7) is 1.85. The number of hydrogen-bond acceptors (Lipinski definition) is 7. The van der Waals surface area contributed by atoms with E-state index in [9.17, 15) is 24.5 Å². The van der Waals surface area contributed by atoms with Gasteiger partial charge in [0.2, 0.25) is 5.91 Å². The van der Waals surface area contributed by atoms with Crippen molar-refractivity contribution < 1.29 is 24.4 Å². The SMILES string of the molecule is CCCC(=O)Nc1ccc(C(=O)Nc2ncc([N+](=O)[O-])s2)c(CC(=O)O)c1. The highest BCUT2D eigenvalue weighted by molar-refractivity contribution is 7.18. The number of carboxylic acid groups (broad SMARTS) is 1. The van der Waals surface area contributed by atoms with Gasteiger partial charge in [-0.1, -0.05) is 6.92 Å². The fraction of sp³-hybridized carbons (Fsp3) is 0.250. The van der Waals surface area contributed by atoms with Crippen LogP contribution in [-0.2, 0) is 16.0 Å². The molecule has 10 nitrogen and oxygen atoms in total. The van der Waals surface area contributed by atoms with E-state index in [2.05, 4.69) is 15.6 Å². The molecule has 0 radical (unpaired) electrons. The van der Waals surface area contributed by atoms with Crippen molar-refractivity contribution in [3.8, 4) is 0 Å². The molecular weight excluding hydrogens is 376 g/mol. The van der Waals surface area contributed by atoms with Crippen molar-refractivity contribution in [2.75, 3.05) is 10.6 Å². The highest BCUT2D eigenvalue weighted by atomic mass is 32.1. The number of benzene rings is 1. The lowest BCUT2D eigenvalue weighted by molar-refractivity contribution is -0.380. The van der Waals surface area contributed by atoms with E-state index >= 15 is 0 Å². The average molecular weight is 392 g/mol. The Hall–Kier alpha value is -3.34. The molecule has 2 amide bonds. The first-order chi connectivity index (χ1) is 12.8. The van der Waals surface area contributed by atoms with Gasteiger partial charge in [-0.25, -0.2) is 4.98 Å². The number of nitro groups is 1. The molecule has 0 unspecified atom stereocenters. The normalized spacial score (nSPS) is 10.3. The van der Waals surface area contributed by atoms with Gasteiger partial charge in [-0.3, -0.25) is 29.8 Å². The molecule has 0 atom stereocenters. The van der Waals surface area contributed by atoms with Crippen LogP contribution in [0.4, 0.5) is 15.8 Å². The Kier molecular flexibility index (Phi) is 6.55. The second kappa shape index (κ2) is 8.85. The molecule has 1 aromatic heterocycles. The van der Waals surface area contributed by atoms with Crippen molar-refractivity contribution in [1.29, 1.82) is 0 Å². The molecule has 0 fully saturated rings. The molecule has 0 saturated carbocycles. The lowest BCUT2D eigenvalue weighted by Gasteiger charge is -2.11. The van der Waals surface area contributed by atoms with E-state index in [-0.39, 0.29) is 27.2 Å². The fourth-order valence-electron chi connectivity index (χ4n) is 2.22. The number of rotatable bonds is 8. The van der Waals surface area contributed by atoms with E-state index in [1.54, 1.807) is 0 Å². The Bertz CT molecular complexity index is 895. The quantitative estimate of drug-likeness (QED) is 0.461. The maximum Gasteiger partial charge on any atom is 0.345 e. The number of carbonyl (C=O) groups is 3. The molecule has 27 heavy (non-hydrogen) atoms. The molecule has 1 aromatic carbocycles. The highest BCUT2D eigenvalue weighted by Crippen LogP contribution is 2.26. The number of nitrogens with zero attached hydrogens (tertiary/aromatic N) is 2. The van der Waals surface area contributed by atoms with Gasteiger partial charge >= 0.3 is 11.0 Å². The Morgan fingerprint density at radius 3 is 2.63 bits per heavy atom. The summed E-state index contributed by atoms with van der Waals surface area (Å²) in [5.74, 6) is -2.01. The average Bonchev–Trinajstić information content (AvgIpc) is 3.03. The summed E-state index contributed by atoms with van der Waals surface area (Å²) in [5.41, 5.74) is 0.648. The Morgan fingerprint density at radius 2 is 2.04 bits per heavy atom. The summed E-state index contributed by atoms with van der Waals surface area (Å²) in [5, 5.41) is 24.6. The van der Waals surface area contributed by atoms with Crippen molar-refractivity contribution >= 4 is 44.9 Å². The number of carbonyl (C=O) groups excluding carboxylic acids is 2. The van der Waals surface area contributed by atoms with Gasteiger partial charge in [-0.2, -0.15) is 0 Å². The Labute approximate surface area is 157 Å². The summed E-state index contributed by atoms with van der Waals surface area (Å²) < 4.78 is 0. The number of aromatic nitrogens is 1. The van der Waals surface area contributed by atoms with Crippen LogP contribution in [0.15, 0.2) is 24.4 Å². The van der Waals surface area contributed by atoms with E-state index in [0.717, 1.165) is 6.20 Å². The number of aliphatic carboxylic acids is 1. The molecule has 0 spiro atoms. The van der Waals surface area contributed by atoms with Crippen molar-refractivity contribution in [2.45, 2.75) is 26.2 Å². The number of carboxylic acids is 1. The van der Waals surface area contributed by atoms with Gasteiger partial charge < -0.3 is 10.4 Å². The zero-order valence-corrected chi connectivity index (χ0v) is 15.0. The van der Waals surface area contributed by atoms with Crippen LogP contribution >= 0.6 is 11.3 Å². The molecule has 142 valence electrons. The van der Waals surface area contributed by atoms with E-state index in [1.807, 2.05) is 6.92 Å². The van der Waals surface area contributed by atoms with Crippen molar-refractivity contribution in [3.63, 3.8) is 0 Å². The minimum Gasteiger partial charge on any atom is -0.481 e. The van der Waals surface area contributed by atoms with Crippen LogP contribution in [0.3, 0.4) is 0 Å². The molecule has 0 aliphatic carbocycles. The van der Waals surface area contributed by atoms with Gasteiger partial charge in [-0.15, -0.1) is 0 Å². The van der Waals surface area contributed by atoms with Crippen LogP contribution in [0.25, 0.3) is 0 Å². The third-order valence-electron chi connectivity index (χ3n) is 3.35. The van der Waals surface area contributed by atoms with E-state index < -0.39 is 23.2 Å². The van der Waals surface area contributed by atoms with Crippen molar-refractivity contribution in [3.05, 3.63) is 45.6 Å². The fourth-order valence-corrected chi connectivity index (χ4v) is 2.85. The summed E-state index contributed by atoms with van der Waals surface area (Å²) in [4.78, 5) is 49.0. The summed E-state index contributed by atoms with van der Waals surface area (Å²) >= 11 is 0.685. The van der Waals surface area contributed by atoms with E-state index in [4.69, 9.17) is 5.11 Å². The first-order valence-corrected chi connectivity index (χ1v) is 8.68. The maximum atomic E-state index is 12.4. The zero-order chi connectivity index (χ0) is 20.0. The monoisotopic (exact) mass is 392 g/mol. The minimum atomic E-state index is -1.15. The number of amides is 2. The first-order valence-electron chi connectivity index (χ1n) is 7.86. The predicted octanol–water partition coefficient (Wildman–Crippen LogP) is 2.67. The Morgan fingerprint density at radius 1 is 1.30 bits per heavy atom. The smallest absolute Gasteiger partial charge is 0.345 e. The van der Waals surface area contributed by atoms with Crippen LogP contribution in [0.5, 0.6) is 0 Å². The molecule has 0 saturated heterocycles. The lowest BCUT2D eigenvalue weighted by Crippen LogP contribution is -2.17. The first kappa shape index (κ1) is 20.0. The molecule has 0 aliphatic rings. The molecular formula is C16H16N4O6S. The van der Waals surface area contributed by atoms with Crippen molar-refractivity contribution in [1.82, 2.24) is 4.98 Å². The van der Waals surface area contributed by atoms with E-state index in [1.165, 1.54) is 18.2 Å². The molecule has 11 heteroatoms. The van der Waals surface area contributed by atoms with Gasteiger partial charge in [0.1, 0.15) is 6.20 Å². The Balaban J connectivity index is 2.24. The second-order valence-corrected chi connectivity index (χ2v) is 6.46. The zero-order valence-electron chi connectivity index (χ0n) is 14.2. The predicted molar refractivity (Wildman–Crippen MR) is 98.0 cm³/mol. The largest absolute Gasteiger partial charge is 0.481 e. The van der Waals surface area contributed by atoms with Crippen LogP contribution in [0.1, 0.15) is 35.7 Å². The van der Waals surface area contributed by atoms with Crippen LogP contribution in [0, 0.1) is 10.1 Å². The number of thiazole rings is 1. The summed E-state index contributed by atoms with van der Waals surface area (Å²) in [6, 6.07) is 4.29. The molecule has 0 bridgehead atoms. The number of anilines is 2. The van der Waals surface area contributed by atoms with Gasteiger partial charge in [0.05, 0.1) is 11.3 Å². The molecule has 2 aromatic rings. The van der Waals surface area contributed by atoms with Crippen LogP contribution < -0.4 is 10.6 Å². The molecule has 1 heterocycles. The summed E-state index contributed by atoms with van der Waals surface area (Å²) in [6.07, 6.45) is 1.57. The summed E-state index contributed by atoms with van der Waals surface area (Å²) in [7, 11) is 0. The van der Waals surface area contributed by atoms with Gasteiger partial charge in [0.25, 0.3) is 5.91 Å². The second-order valence-electron chi connectivity index (χ2n) is 5.46. The van der Waals surface area contributed by atoms with Gasteiger partial charge in [0, 0.05) is 17.7 Å². The van der Waals surface area contributed by atoms with Gasteiger partial charge in [0.15, 0.2) is 5.13 Å².